The van der Waals surface area contributed by atoms with Gasteiger partial charge < -0.3 is 14.2 Å². The highest BCUT2D eigenvalue weighted by Crippen LogP contribution is 2.28. The zero-order valence-electron chi connectivity index (χ0n) is 17.9. The van der Waals surface area contributed by atoms with Gasteiger partial charge in [-0.05, 0) is 24.1 Å². The van der Waals surface area contributed by atoms with E-state index in [0.717, 1.165) is 23.2 Å². The Morgan fingerprint density at radius 3 is 2.85 bits per heavy atom. The number of carbonyl (C=O) groups is 2. The van der Waals surface area contributed by atoms with E-state index < -0.39 is 4.92 Å². The highest BCUT2D eigenvalue weighted by molar-refractivity contribution is 8.00. The number of amides is 2. The van der Waals surface area contributed by atoms with Gasteiger partial charge in [0.15, 0.2) is 4.80 Å². The molecule has 0 saturated carbocycles. The van der Waals surface area contributed by atoms with E-state index >= 15 is 0 Å². The van der Waals surface area contributed by atoms with Crippen molar-refractivity contribution in [3.63, 3.8) is 0 Å². The zero-order chi connectivity index (χ0) is 23.4. The number of hydrogen-bond acceptors (Lipinski definition) is 7. The molecule has 4 rings (SSSR count). The maximum Gasteiger partial charge on any atom is 0.270 e. The van der Waals surface area contributed by atoms with Crippen LogP contribution in [-0.4, -0.2) is 53.1 Å². The molecule has 0 bridgehead atoms. The number of carbonyl (C=O) groups excluding carboxylic acids is 2. The van der Waals surface area contributed by atoms with E-state index in [9.17, 15) is 19.7 Å². The molecule has 0 N–H and O–H groups in total. The van der Waals surface area contributed by atoms with Crippen molar-refractivity contribution < 1.29 is 19.2 Å². The second-order valence-corrected chi connectivity index (χ2v) is 9.36. The monoisotopic (exact) mass is 486 g/mol. The Bertz CT molecular complexity index is 1280. The number of aromatic nitrogens is 1. The number of non-ortho nitro benzene ring substituents is 1. The number of para-hydroxylation sites is 1. The first-order valence-electron chi connectivity index (χ1n) is 10.3. The predicted molar refractivity (Wildman–Crippen MR) is 129 cm³/mol. The lowest BCUT2D eigenvalue weighted by atomic mass is 10.2. The lowest BCUT2D eigenvalue weighted by Crippen LogP contribution is -2.30. The molecular weight excluding hydrogens is 464 g/mol. The summed E-state index contributed by atoms with van der Waals surface area (Å²) in [6, 6.07) is 12.4. The molecule has 0 saturated heterocycles. The fourth-order valence-electron chi connectivity index (χ4n) is 3.70. The average molecular weight is 487 g/mol. The predicted octanol–water partition coefficient (Wildman–Crippen LogP) is 3.01. The zero-order valence-corrected chi connectivity index (χ0v) is 19.6. The summed E-state index contributed by atoms with van der Waals surface area (Å²) in [6.07, 6.45) is 0.840. The van der Waals surface area contributed by atoms with Crippen molar-refractivity contribution in [2.45, 2.75) is 13.0 Å². The van der Waals surface area contributed by atoms with E-state index in [1.807, 2.05) is 28.8 Å². The number of nitro benzene ring substituents is 1. The van der Waals surface area contributed by atoms with Crippen molar-refractivity contribution >= 4 is 56.5 Å². The van der Waals surface area contributed by atoms with Crippen molar-refractivity contribution in [2.24, 2.45) is 4.99 Å². The highest BCUT2D eigenvalue weighted by atomic mass is 32.2. The Kier molecular flexibility index (Phi) is 7.21. The number of methoxy groups -OCH3 is 1. The molecule has 0 unspecified atom stereocenters. The minimum Gasteiger partial charge on any atom is -0.383 e. The normalized spacial score (nSPS) is 13.5. The van der Waals surface area contributed by atoms with Crippen molar-refractivity contribution in [1.29, 1.82) is 0 Å². The quantitative estimate of drug-likeness (QED) is 0.358. The van der Waals surface area contributed by atoms with Crippen LogP contribution in [0.5, 0.6) is 0 Å². The Balaban J connectivity index is 1.45. The molecule has 0 radical (unpaired) electrons. The number of benzene rings is 2. The standard InChI is InChI=1S/C22H22N4O5S2/c1-31-11-10-25-18-7-6-16(26(29)30)12-19(18)33-22(25)23-20(27)13-32-14-21(28)24-9-8-15-4-2-3-5-17(15)24/h2-7,12H,8-11,13-14H2,1H3. The van der Waals surface area contributed by atoms with Gasteiger partial charge >= 0.3 is 0 Å². The molecule has 3 aromatic rings. The van der Waals surface area contributed by atoms with Crippen LogP contribution in [0.25, 0.3) is 10.2 Å². The van der Waals surface area contributed by atoms with E-state index in [1.165, 1.54) is 35.2 Å². The minimum absolute atomic E-state index is 0.0157. The van der Waals surface area contributed by atoms with Gasteiger partial charge in [-0.3, -0.25) is 19.7 Å². The molecule has 0 aliphatic carbocycles. The summed E-state index contributed by atoms with van der Waals surface area (Å²) in [7, 11) is 1.58. The number of anilines is 1. The summed E-state index contributed by atoms with van der Waals surface area (Å²) in [5.74, 6) is -0.124. The molecule has 1 aliphatic rings. The van der Waals surface area contributed by atoms with Crippen LogP contribution >= 0.6 is 23.1 Å². The van der Waals surface area contributed by atoms with Crippen LogP contribution in [-0.2, 0) is 27.3 Å². The number of thioether (sulfide) groups is 1. The molecule has 0 atom stereocenters. The maximum atomic E-state index is 12.6. The molecule has 2 aromatic carbocycles. The topological polar surface area (TPSA) is 107 Å². The summed E-state index contributed by atoms with van der Waals surface area (Å²) in [5.41, 5.74) is 2.84. The number of nitro groups is 1. The van der Waals surface area contributed by atoms with E-state index in [2.05, 4.69) is 4.99 Å². The number of ether oxygens (including phenoxy) is 1. The third-order valence-electron chi connectivity index (χ3n) is 5.26. The molecule has 0 fully saturated rings. The Morgan fingerprint density at radius 2 is 2.06 bits per heavy atom. The van der Waals surface area contributed by atoms with E-state index in [-0.39, 0.29) is 29.0 Å². The summed E-state index contributed by atoms with van der Waals surface area (Å²) < 4.78 is 7.64. The van der Waals surface area contributed by atoms with Gasteiger partial charge in [-0.1, -0.05) is 29.5 Å². The third-order valence-corrected chi connectivity index (χ3v) is 7.20. The molecule has 2 amide bonds. The lowest BCUT2D eigenvalue weighted by Gasteiger charge is -2.16. The van der Waals surface area contributed by atoms with Gasteiger partial charge in [0.2, 0.25) is 5.91 Å². The molecule has 0 spiro atoms. The fourth-order valence-corrected chi connectivity index (χ4v) is 5.48. The van der Waals surface area contributed by atoms with Crippen molar-refractivity contribution in [2.75, 3.05) is 36.7 Å². The average Bonchev–Trinajstić information content (AvgIpc) is 3.38. The molecule has 1 aliphatic heterocycles. The van der Waals surface area contributed by atoms with E-state index in [0.29, 0.717) is 29.2 Å². The third kappa shape index (κ3) is 5.15. The van der Waals surface area contributed by atoms with Crippen LogP contribution in [0.4, 0.5) is 11.4 Å². The summed E-state index contributed by atoms with van der Waals surface area (Å²) >= 11 is 2.45. The molecule has 1 aromatic heterocycles. The van der Waals surface area contributed by atoms with Crippen LogP contribution in [0, 0.1) is 10.1 Å². The number of nitrogens with zero attached hydrogens (tertiary/aromatic N) is 4. The first kappa shape index (κ1) is 23.1. The number of rotatable bonds is 8. The van der Waals surface area contributed by atoms with Crippen LogP contribution in [0.15, 0.2) is 47.5 Å². The van der Waals surface area contributed by atoms with E-state index in [1.54, 1.807) is 18.1 Å². The van der Waals surface area contributed by atoms with Gasteiger partial charge in [0.25, 0.3) is 11.6 Å². The van der Waals surface area contributed by atoms with Crippen molar-refractivity contribution in [1.82, 2.24) is 4.57 Å². The molecule has 9 nitrogen and oxygen atoms in total. The number of hydrogen-bond donors (Lipinski definition) is 0. The smallest absolute Gasteiger partial charge is 0.270 e. The van der Waals surface area contributed by atoms with Crippen LogP contribution < -0.4 is 9.70 Å². The lowest BCUT2D eigenvalue weighted by molar-refractivity contribution is -0.384. The molecule has 2 heterocycles. The van der Waals surface area contributed by atoms with Crippen LogP contribution in [0.1, 0.15) is 5.56 Å². The maximum absolute atomic E-state index is 12.6. The first-order chi connectivity index (χ1) is 16.0. The Hall–Kier alpha value is -3.02. The second kappa shape index (κ2) is 10.3. The van der Waals surface area contributed by atoms with Crippen molar-refractivity contribution in [3.05, 3.63) is 62.9 Å². The van der Waals surface area contributed by atoms with Gasteiger partial charge in [-0.2, -0.15) is 4.99 Å². The molecule has 33 heavy (non-hydrogen) atoms. The summed E-state index contributed by atoms with van der Waals surface area (Å²) in [6.45, 7) is 1.52. The van der Waals surface area contributed by atoms with E-state index in [4.69, 9.17) is 4.74 Å². The number of thiazole rings is 1. The van der Waals surface area contributed by atoms with Gasteiger partial charge in [-0.25, -0.2) is 0 Å². The van der Waals surface area contributed by atoms with Crippen LogP contribution in [0.2, 0.25) is 0 Å². The summed E-state index contributed by atoms with van der Waals surface area (Å²) in [4.78, 5) is 42.2. The van der Waals surface area contributed by atoms with Gasteiger partial charge in [0.05, 0.1) is 33.3 Å². The molecule has 172 valence electrons. The van der Waals surface area contributed by atoms with Gasteiger partial charge in [0.1, 0.15) is 0 Å². The second-order valence-electron chi connectivity index (χ2n) is 7.36. The molecule has 11 heteroatoms. The number of fused-ring (bicyclic) bond motifs is 2. The summed E-state index contributed by atoms with van der Waals surface area (Å²) in [5, 5.41) is 11.1. The van der Waals surface area contributed by atoms with Gasteiger partial charge in [0, 0.05) is 38.0 Å². The largest absolute Gasteiger partial charge is 0.383 e. The van der Waals surface area contributed by atoms with Gasteiger partial charge in [-0.15, -0.1) is 11.8 Å². The Labute approximate surface area is 197 Å². The highest BCUT2D eigenvalue weighted by Gasteiger charge is 2.24. The SMILES string of the molecule is COCCn1c(=NC(=O)CSCC(=O)N2CCc3ccccc32)sc2cc([N+](=O)[O-])ccc21. The fraction of sp³-hybridized carbons (Fsp3) is 0.318. The molecular formula is C22H22N4O5S2. The Morgan fingerprint density at radius 1 is 1.24 bits per heavy atom. The van der Waals surface area contributed by atoms with Crippen LogP contribution in [0.3, 0.4) is 0 Å². The van der Waals surface area contributed by atoms with Crippen molar-refractivity contribution in [3.8, 4) is 0 Å². The first-order valence-corrected chi connectivity index (χ1v) is 12.3. The minimum atomic E-state index is -0.451.